The highest BCUT2D eigenvalue weighted by molar-refractivity contribution is 5.56. The molecule has 0 atom stereocenters. The highest BCUT2D eigenvalue weighted by Crippen LogP contribution is 2.31. The van der Waals surface area contributed by atoms with Gasteiger partial charge in [-0.05, 0) is 18.2 Å². The predicted octanol–water partition coefficient (Wildman–Crippen LogP) is 4.74. The summed E-state index contributed by atoms with van der Waals surface area (Å²) in [6.07, 6.45) is -1.85. The van der Waals surface area contributed by atoms with Crippen molar-refractivity contribution in [3.8, 4) is 22.9 Å². The van der Waals surface area contributed by atoms with Crippen LogP contribution in [0.15, 0.2) is 48.7 Å². The summed E-state index contributed by atoms with van der Waals surface area (Å²) < 4.78 is 49.1. The Hall–Kier alpha value is -3.13. The molecule has 0 saturated carbocycles. The maximum absolute atomic E-state index is 12.8. The highest BCUT2D eigenvalue weighted by Gasteiger charge is 2.30. The van der Waals surface area contributed by atoms with Gasteiger partial charge in [-0.2, -0.15) is 13.2 Å². The SMILES string of the molecule is COc1ccc(CN2CCc3nc(-c4ccc(C(F)(F)F)cc4)ncc3C2)c(OC)c1. The minimum Gasteiger partial charge on any atom is -0.497 e. The van der Waals surface area contributed by atoms with Gasteiger partial charge in [0.25, 0.3) is 0 Å². The number of hydrogen-bond acceptors (Lipinski definition) is 5. The Morgan fingerprint density at radius 2 is 1.81 bits per heavy atom. The van der Waals surface area contributed by atoms with Crippen LogP contribution >= 0.6 is 0 Å². The molecule has 0 N–H and O–H groups in total. The van der Waals surface area contributed by atoms with Crippen molar-refractivity contribution >= 4 is 0 Å². The highest BCUT2D eigenvalue weighted by atomic mass is 19.4. The van der Waals surface area contributed by atoms with E-state index in [-0.39, 0.29) is 0 Å². The summed E-state index contributed by atoms with van der Waals surface area (Å²) in [5.41, 5.74) is 2.91. The van der Waals surface area contributed by atoms with E-state index < -0.39 is 11.7 Å². The Bertz CT molecular complexity index is 1070. The van der Waals surface area contributed by atoms with Gasteiger partial charge in [-0.15, -0.1) is 0 Å². The van der Waals surface area contributed by atoms with E-state index in [9.17, 15) is 13.2 Å². The maximum atomic E-state index is 12.8. The first-order chi connectivity index (χ1) is 14.9. The number of fused-ring (bicyclic) bond motifs is 1. The molecule has 0 amide bonds. The molecule has 2 aromatic carbocycles. The summed E-state index contributed by atoms with van der Waals surface area (Å²) in [4.78, 5) is 11.3. The van der Waals surface area contributed by atoms with Gasteiger partial charge in [0.15, 0.2) is 5.82 Å². The lowest BCUT2D eigenvalue weighted by atomic mass is 10.0. The number of halogens is 3. The van der Waals surface area contributed by atoms with Crippen LogP contribution in [0.5, 0.6) is 11.5 Å². The minimum absolute atomic E-state index is 0.442. The van der Waals surface area contributed by atoms with Crippen molar-refractivity contribution < 1.29 is 22.6 Å². The molecular formula is C23H22F3N3O2. The van der Waals surface area contributed by atoms with E-state index in [1.807, 2.05) is 18.2 Å². The molecule has 4 rings (SSSR count). The number of aromatic nitrogens is 2. The van der Waals surface area contributed by atoms with Gasteiger partial charge in [0.1, 0.15) is 11.5 Å². The molecule has 0 bridgehead atoms. The third kappa shape index (κ3) is 4.64. The molecule has 1 aromatic heterocycles. The van der Waals surface area contributed by atoms with Crippen LogP contribution in [0.1, 0.15) is 22.4 Å². The van der Waals surface area contributed by atoms with Crippen LogP contribution in [-0.4, -0.2) is 35.6 Å². The van der Waals surface area contributed by atoms with Gasteiger partial charge in [0, 0.05) is 55.0 Å². The summed E-state index contributed by atoms with van der Waals surface area (Å²) in [5.74, 6) is 1.96. The molecule has 0 aliphatic carbocycles. The second kappa shape index (κ2) is 8.55. The summed E-state index contributed by atoms with van der Waals surface area (Å²) in [5, 5.41) is 0. The first kappa shape index (κ1) is 21.1. The Balaban J connectivity index is 1.49. The van der Waals surface area contributed by atoms with E-state index in [4.69, 9.17) is 9.47 Å². The van der Waals surface area contributed by atoms with E-state index in [0.717, 1.165) is 53.4 Å². The lowest BCUT2D eigenvalue weighted by molar-refractivity contribution is -0.137. The number of methoxy groups -OCH3 is 2. The van der Waals surface area contributed by atoms with Gasteiger partial charge >= 0.3 is 6.18 Å². The van der Waals surface area contributed by atoms with Crippen LogP contribution in [0.4, 0.5) is 13.2 Å². The van der Waals surface area contributed by atoms with Crippen molar-refractivity contribution in [3.05, 3.63) is 71.0 Å². The topological polar surface area (TPSA) is 47.5 Å². The number of hydrogen-bond donors (Lipinski definition) is 0. The fourth-order valence-electron chi connectivity index (χ4n) is 3.68. The van der Waals surface area contributed by atoms with Crippen molar-refractivity contribution in [2.24, 2.45) is 0 Å². The lowest BCUT2D eigenvalue weighted by Crippen LogP contribution is -2.31. The van der Waals surface area contributed by atoms with Gasteiger partial charge in [0.2, 0.25) is 0 Å². The Morgan fingerprint density at radius 3 is 2.48 bits per heavy atom. The monoisotopic (exact) mass is 429 g/mol. The van der Waals surface area contributed by atoms with Crippen LogP contribution in [0.25, 0.3) is 11.4 Å². The fraction of sp³-hybridized carbons (Fsp3) is 0.304. The van der Waals surface area contributed by atoms with Gasteiger partial charge < -0.3 is 9.47 Å². The molecule has 8 heteroatoms. The third-order valence-electron chi connectivity index (χ3n) is 5.37. The van der Waals surface area contributed by atoms with Gasteiger partial charge in [0.05, 0.1) is 25.5 Å². The fourth-order valence-corrected chi connectivity index (χ4v) is 3.68. The zero-order valence-electron chi connectivity index (χ0n) is 17.2. The van der Waals surface area contributed by atoms with Crippen molar-refractivity contribution in [1.82, 2.24) is 14.9 Å². The van der Waals surface area contributed by atoms with Crippen LogP contribution < -0.4 is 9.47 Å². The van der Waals surface area contributed by atoms with Crippen molar-refractivity contribution in [2.75, 3.05) is 20.8 Å². The largest absolute Gasteiger partial charge is 0.497 e. The second-order valence-electron chi connectivity index (χ2n) is 7.38. The summed E-state index contributed by atoms with van der Waals surface area (Å²) in [7, 11) is 3.26. The predicted molar refractivity (Wildman–Crippen MR) is 110 cm³/mol. The zero-order valence-corrected chi connectivity index (χ0v) is 17.2. The van der Waals surface area contributed by atoms with Crippen molar-refractivity contribution in [1.29, 1.82) is 0 Å². The molecule has 5 nitrogen and oxygen atoms in total. The lowest BCUT2D eigenvalue weighted by Gasteiger charge is -2.28. The van der Waals surface area contributed by atoms with E-state index in [0.29, 0.717) is 24.5 Å². The van der Waals surface area contributed by atoms with Crippen LogP contribution in [-0.2, 0) is 25.7 Å². The van der Waals surface area contributed by atoms with E-state index in [2.05, 4.69) is 14.9 Å². The van der Waals surface area contributed by atoms with Crippen LogP contribution in [0.3, 0.4) is 0 Å². The average molecular weight is 429 g/mol. The molecule has 31 heavy (non-hydrogen) atoms. The molecule has 0 spiro atoms. The standard InChI is InChI=1S/C23H22F3N3O2/c1-30-19-8-5-16(21(11-19)31-2)13-29-10-9-20-17(14-29)12-27-22(28-20)15-3-6-18(7-4-15)23(24,25)26/h3-8,11-12H,9-10,13-14H2,1-2H3. The molecule has 0 saturated heterocycles. The average Bonchev–Trinajstić information content (AvgIpc) is 2.78. The maximum Gasteiger partial charge on any atom is 0.416 e. The van der Waals surface area contributed by atoms with E-state index in [1.165, 1.54) is 12.1 Å². The first-order valence-electron chi connectivity index (χ1n) is 9.83. The number of ether oxygens (including phenoxy) is 2. The van der Waals surface area contributed by atoms with Crippen LogP contribution in [0.2, 0.25) is 0 Å². The van der Waals surface area contributed by atoms with Gasteiger partial charge in [-0.1, -0.05) is 18.2 Å². The first-order valence-corrected chi connectivity index (χ1v) is 9.83. The number of alkyl halides is 3. The smallest absolute Gasteiger partial charge is 0.416 e. The Labute approximate surface area is 178 Å². The molecule has 0 unspecified atom stereocenters. The molecular weight excluding hydrogens is 407 g/mol. The van der Waals surface area contributed by atoms with E-state index >= 15 is 0 Å². The Morgan fingerprint density at radius 1 is 1.03 bits per heavy atom. The summed E-state index contributed by atoms with van der Waals surface area (Å²) >= 11 is 0. The minimum atomic E-state index is -4.36. The van der Waals surface area contributed by atoms with Gasteiger partial charge in [-0.25, -0.2) is 9.97 Å². The van der Waals surface area contributed by atoms with Crippen molar-refractivity contribution in [3.63, 3.8) is 0 Å². The van der Waals surface area contributed by atoms with Crippen LogP contribution in [0, 0.1) is 0 Å². The molecule has 1 aliphatic rings. The number of nitrogens with zero attached hydrogens (tertiary/aromatic N) is 3. The Kier molecular flexibility index (Phi) is 5.82. The van der Waals surface area contributed by atoms with Crippen molar-refractivity contribution in [2.45, 2.75) is 25.7 Å². The molecule has 0 radical (unpaired) electrons. The summed E-state index contributed by atoms with van der Waals surface area (Å²) in [6.45, 7) is 2.22. The second-order valence-corrected chi connectivity index (χ2v) is 7.38. The molecule has 3 aromatic rings. The van der Waals surface area contributed by atoms with E-state index in [1.54, 1.807) is 20.4 Å². The molecule has 162 valence electrons. The molecule has 1 aliphatic heterocycles. The van der Waals surface area contributed by atoms with Gasteiger partial charge in [-0.3, -0.25) is 4.90 Å². The quantitative estimate of drug-likeness (QED) is 0.587. The molecule has 2 heterocycles. The normalized spacial score (nSPS) is 14.2. The zero-order chi connectivity index (χ0) is 22.0. The summed E-state index contributed by atoms with van der Waals surface area (Å²) in [6, 6.07) is 10.7. The number of benzene rings is 2. The number of rotatable bonds is 5. The molecule has 0 fully saturated rings. The third-order valence-corrected chi connectivity index (χ3v) is 5.37.